The van der Waals surface area contributed by atoms with Crippen molar-refractivity contribution in [3.8, 4) is 0 Å². The number of H-pyrrole nitrogens is 1. The lowest BCUT2D eigenvalue weighted by molar-refractivity contribution is 0.101. The Morgan fingerprint density at radius 1 is 1.14 bits per heavy atom. The summed E-state index contributed by atoms with van der Waals surface area (Å²) >= 11 is 0. The average Bonchev–Trinajstić information content (AvgIpc) is 2.88. The lowest BCUT2D eigenvalue weighted by Gasteiger charge is -2.05. The second-order valence-corrected chi connectivity index (χ2v) is 6.51. The molecule has 0 bridgehead atoms. The lowest BCUT2D eigenvalue weighted by atomic mass is 10.3. The van der Waals surface area contributed by atoms with E-state index in [2.05, 4.69) is 9.97 Å². The van der Waals surface area contributed by atoms with Crippen molar-refractivity contribution < 1.29 is 13.2 Å². The van der Waals surface area contributed by atoms with Gasteiger partial charge in [-0.25, -0.2) is 8.42 Å². The third-order valence-electron chi connectivity index (χ3n) is 3.23. The molecule has 0 atom stereocenters. The molecule has 1 N–H and O–H groups in total. The molecule has 1 aromatic carbocycles. The zero-order chi connectivity index (χ0) is 15.0. The SMILES string of the molecule is CC(=O)c1[nH]c2ccncc2c1S(=O)(=O)c1ccccc1. The minimum atomic E-state index is -3.79. The number of sulfone groups is 1. The van der Waals surface area contributed by atoms with Gasteiger partial charge in [0.05, 0.1) is 10.4 Å². The largest absolute Gasteiger partial charge is 0.351 e. The number of ketones is 1. The van der Waals surface area contributed by atoms with Gasteiger partial charge >= 0.3 is 0 Å². The monoisotopic (exact) mass is 300 g/mol. The van der Waals surface area contributed by atoms with Crippen LogP contribution >= 0.6 is 0 Å². The highest BCUT2D eigenvalue weighted by Crippen LogP contribution is 2.31. The maximum absolute atomic E-state index is 12.8. The van der Waals surface area contributed by atoms with Gasteiger partial charge in [-0.2, -0.15) is 0 Å². The molecule has 0 saturated heterocycles. The molecule has 3 aromatic rings. The van der Waals surface area contributed by atoms with Crippen molar-refractivity contribution in [3.05, 3.63) is 54.5 Å². The second kappa shape index (κ2) is 4.82. The first-order chi connectivity index (χ1) is 10.0. The first-order valence-electron chi connectivity index (χ1n) is 6.28. The van der Waals surface area contributed by atoms with E-state index in [0.29, 0.717) is 10.9 Å². The van der Waals surface area contributed by atoms with Crippen LogP contribution < -0.4 is 0 Å². The fourth-order valence-electron chi connectivity index (χ4n) is 2.26. The van der Waals surface area contributed by atoms with Crippen molar-refractivity contribution in [1.82, 2.24) is 9.97 Å². The first-order valence-corrected chi connectivity index (χ1v) is 7.77. The third kappa shape index (κ3) is 2.13. The summed E-state index contributed by atoms with van der Waals surface area (Å²) in [5.74, 6) is -0.333. The van der Waals surface area contributed by atoms with Gasteiger partial charge < -0.3 is 4.98 Å². The molecule has 0 aliphatic rings. The number of aromatic nitrogens is 2. The van der Waals surface area contributed by atoms with E-state index in [0.717, 1.165) is 0 Å². The molecule has 0 fully saturated rings. The number of rotatable bonds is 3. The van der Waals surface area contributed by atoms with Crippen LogP contribution in [0.4, 0.5) is 0 Å². The van der Waals surface area contributed by atoms with Crippen LogP contribution in [0.2, 0.25) is 0 Å². The molecule has 0 aliphatic heterocycles. The van der Waals surface area contributed by atoms with Gasteiger partial charge in [-0.15, -0.1) is 0 Å². The molecule has 3 rings (SSSR count). The molecule has 5 nitrogen and oxygen atoms in total. The van der Waals surface area contributed by atoms with Crippen LogP contribution in [-0.2, 0) is 9.84 Å². The molecular formula is C15H12N2O3S. The number of Topliss-reactive ketones (excluding diaryl/α,β-unsaturated/α-hetero) is 1. The van der Waals surface area contributed by atoms with E-state index >= 15 is 0 Å². The van der Waals surface area contributed by atoms with Crippen LogP contribution in [0.15, 0.2) is 58.6 Å². The van der Waals surface area contributed by atoms with E-state index in [1.54, 1.807) is 30.5 Å². The molecule has 0 radical (unpaired) electrons. The van der Waals surface area contributed by atoms with Crippen LogP contribution in [0.1, 0.15) is 17.4 Å². The normalized spacial score (nSPS) is 11.7. The fraction of sp³-hybridized carbons (Fsp3) is 0.0667. The van der Waals surface area contributed by atoms with E-state index in [9.17, 15) is 13.2 Å². The van der Waals surface area contributed by atoms with E-state index in [-0.39, 0.29) is 21.3 Å². The molecule has 0 unspecified atom stereocenters. The van der Waals surface area contributed by atoms with Gasteiger partial charge in [0.15, 0.2) is 5.78 Å². The van der Waals surface area contributed by atoms with Crippen molar-refractivity contribution in [3.63, 3.8) is 0 Å². The fourth-order valence-corrected chi connectivity index (χ4v) is 3.92. The summed E-state index contributed by atoms with van der Waals surface area (Å²) in [7, 11) is -3.79. The minimum absolute atomic E-state index is 0.00991. The highest BCUT2D eigenvalue weighted by atomic mass is 32.2. The van der Waals surface area contributed by atoms with E-state index in [4.69, 9.17) is 0 Å². The molecule has 2 heterocycles. The summed E-state index contributed by atoms with van der Waals surface area (Å²) in [5, 5.41) is 0.423. The number of pyridine rings is 1. The molecule has 0 spiro atoms. The lowest BCUT2D eigenvalue weighted by Crippen LogP contribution is -2.07. The molecule has 0 saturated carbocycles. The van der Waals surface area contributed by atoms with Crippen LogP contribution in [0.5, 0.6) is 0 Å². The van der Waals surface area contributed by atoms with Crippen molar-refractivity contribution in [2.24, 2.45) is 0 Å². The molecule has 106 valence electrons. The zero-order valence-electron chi connectivity index (χ0n) is 11.2. The number of hydrogen-bond acceptors (Lipinski definition) is 4. The molecule has 0 aliphatic carbocycles. The Morgan fingerprint density at radius 3 is 2.52 bits per heavy atom. The van der Waals surface area contributed by atoms with E-state index in [1.807, 2.05) is 0 Å². The van der Waals surface area contributed by atoms with E-state index < -0.39 is 9.84 Å². The quantitative estimate of drug-likeness (QED) is 0.754. The predicted molar refractivity (Wildman–Crippen MR) is 78.0 cm³/mol. The van der Waals surface area contributed by atoms with Gasteiger partial charge in [0.25, 0.3) is 0 Å². The van der Waals surface area contributed by atoms with Gasteiger partial charge in [0.1, 0.15) is 10.6 Å². The summed E-state index contributed by atoms with van der Waals surface area (Å²) in [6, 6.07) is 9.69. The summed E-state index contributed by atoms with van der Waals surface area (Å²) in [5.41, 5.74) is 0.659. The van der Waals surface area contributed by atoms with Crippen molar-refractivity contribution in [2.45, 2.75) is 16.7 Å². The van der Waals surface area contributed by atoms with Crippen molar-refractivity contribution >= 4 is 26.5 Å². The predicted octanol–water partition coefficient (Wildman–Crippen LogP) is 2.60. The Kier molecular flexibility index (Phi) is 3.10. The number of nitrogens with zero attached hydrogens (tertiary/aromatic N) is 1. The van der Waals surface area contributed by atoms with Gasteiger partial charge in [-0.05, 0) is 18.2 Å². The number of carbonyl (C=O) groups is 1. The smallest absolute Gasteiger partial charge is 0.209 e. The maximum Gasteiger partial charge on any atom is 0.209 e. The second-order valence-electron chi connectivity index (χ2n) is 4.62. The first kappa shape index (κ1) is 13.5. The Labute approximate surface area is 121 Å². The Balaban J connectivity index is 2.39. The third-order valence-corrected chi connectivity index (χ3v) is 5.08. The summed E-state index contributed by atoms with van der Waals surface area (Å²) in [6.07, 6.45) is 3.00. The Hall–Kier alpha value is -2.47. The van der Waals surface area contributed by atoms with Gasteiger partial charge in [-0.1, -0.05) is 18.2 Å². The van der Waals surface area contributed by atoms with E-state index in [1.165, 1.54) is 25.3 Å². The van der Waals surface area contributed by atoms with Crippen LogP contribution in [0.3, 0.4) is 0 Å². The van der Waals surface area contributed by atoms with Crippen molar-refractivity contribution in [1.29, 1.82) is 0 Å². The molecule has 6 heteroatoms. The standard InChI is InChI=1S/C15H12N2O3S/c1-10(18)14-15(12-9-16-8-7-13(12)17-14)21(19,20)11-5-3-2-4-6-11/h2-9,17H,1H3. The van der Waals surface area contributed by atoms with Crippen molar-refractivity contribution in [2.75, 3.05) is 0 Å². The topological polar surface area (TPSA) is 79.9 Å². The number of fused-ring (bicyclic) bond motifs is 1. The highest BCUT2D eigenvalue weighted by molar-refractivity contribution is 7.91. The number of nitrogens with one attached hydrogen (secondary N) is 1. The summed E-state index contributed by atoms with van der Waals surface area (Å²) in [4.78, 5) is 18.8. The molecular weight excluding hydrogens is 288 g/mol. The number of hydrogen-bond donors (Lipinski definition) is 1. The zero-order valence-corrected chi connectivity index (χ0v) is 12.0. The van der Waals surface area contributed by atoms with Gasteiger partial charge in [0, 0.05) is 24.7 Å². The number of aromatic amines is 1. The summed E-state index contributed by atoms with van der Waals surface area (Å²) < 4.78 is 25.7. The van der Waals surface area contributed by atoms with Crippen LogP contribution in [0.25, 0.3) is 10.9 Å². The highest BCUT2D eigenvalue weighted by Gasteiger charge is 2.27. The number of benzene rings is 1. The van der Waals surface area contributed by atoms with Gasteiger partial charge in [-0.3, -0.25) is 9.78 Å². The van der Waals surface area contributed by atoms with Crippen LogP contribution in [-0.4, -0.2) is 24.2 Å². The van der Waals surface area contributed by atoms with Crippen LogP contribution in [0, 0.1) is 0 Å². The minimum Gasteiger partial charge on any atom is -0.351 e. The molecule has 2 aromatic heterocycles. The Morgan fingerprint density at radius 2 is 1.86 bits per heavy atom. The molecule has 21 heavy (non-hydrogen) atoms. The summed E-state index contributed by atoms with van der Waals surface area (Å²) in [6.45, 7) is 1.34. The Bertz CT molecular complexity index is 928. The average molecular weight is 300 g/mol. The maximum atomic E-state index is 12.8. The van der Waals surface area contributed by atoms with Gasteiger partial charge in [0.2, 0.25) is 9.84 Å². The molecule has 0 amide bonds. The number of carbonyl (C=O) groups excluding carboxylic acids is 1.